The maximum Gasteiger partial charge on any atom is 0.0786 e. The Hall–Kier alpha value is -0.0400. The zero-order valence-corrected chi connectivity index (χ0v) is 18.6. The first-order chi connectivity index (χ1) is 12.2. The Labute approximate surface area is 161 Å². The molecule has 0 radical (unpaired) electrons. The molecule has 0 bridgehead atoms. The molecule has 0 fully saturated rings. The minimum Gasteiger partial charge on any atom is -0.324 e. The van der Waals surface area contributed by atoms with E-state index in [-0.39, 0.29) is 0 Å². The molecule has 0 saturated carbocycles. The zero-order valence-electron chi connectivity index (χ0n) is 18.6. The van der Waals surface area contributed by atoms with Crippen LogP contribution in [0.15, 0.2) is 0 Å². The molecule has 0 aromatic heterocycles. The van der Waals surface area contributed by atoms with E-state index in [1.165, 1.54) is 133 Å². The highest BCUT2D eigenvalue weighted by Gasteiger charge is 2.25. The normalized spacial score (nSPS) is 12.0. The molecule has 152 valence electrons. The summed E-state index contributed by atoms with van der Waals surface area (Å²) < 4.78 is 1.45. The first kappa shape index (κ1) is 25.0. The number of rotatable bonds is 20. The van der Waals surface area contributed by atoms with Crippen LogP contribution in [-0.4, -0.2) is 30.7 Å². The zero-order chi connectivity index (χ0) is 18.6. The van der Waals surface area contributed by atoms with E-state index in [1.54, 1.807) is 0 Å². The largest absolute Gasteiger partial charge is 0.324 e. The van der Waals surface area contributed by atoms with Gasteiger partial charge in [-0.2, -0.15) is 0 Å². The minimum atomic E-state index is 1.36. The molecule has 0 saturated heterocycles. The second kappa shape index (κ2) is 18.7. The Morgan fingerprint density at radius 2 is 0.560 bits per heavy atom. The molecule has 0 amide bonds. The lowest BCUT2D eigenvalue weighted by atomic mass is 10.1. The third kappa shape index (κ3) is 14.8. The van der Waals surface area contributed by atoms with E-state index in [9.17, 15) is 0 Å². The third-order valence-corrected chi connectivity index (χ3v) is 5.94. The Balaban J connectivity index is 4.43. The lowest BCUT2D eigenvalue weighted by molar-refractivity contribution is -0.929. The second-order valence-corrected chi connectivity index (χ2v) is 8.48. The molecule has 25 heavy (non-hydrogen) atoms. The standard InChI is InChI=1S/C24H52N/c1-5-9-13-14-15-16-20-24-25(21-17-10-6-2,22-18-11-7-3)23-19-12-8-4/h5-24H2,1-4H3/q+1. The van der Waals surface area contributed by atoms with Gasteiger partial charge in [-0.1, -0.05) is 79.1 Å². The average molecular weight is 355 g/mol. The first-order valence-corrected chi connectivity index (χ1v) is 12.1. The summed E-state index contributed by atoms with van der Waals surface area (Å²) in [6, 6.07) is 0. The van der Waals surface area contributed by atoms with Crippen molar-refractivity contribution >= 4 is 0 Å². The van der Waals surface area contributed by atoms with E-state index in [0.717, 1.165) is 0 Å². The third-order valence-electron chi connectivity index (χ3n) is 5.94. The van der Waals surface area contributed by atoms with Gasteiger partial charge in [-0.25, -0.2) is 0 Å². The van der Waals surface area contributed by atoms with Crippen molar-refractivity contribution in [2.75, 3.05) is 26.2 Å². The number of hydrogen-bond donors (Lipinski definition) is 0. The summed E-state index contributed by atoms with van der Waals surface area (Å²) in [4.78, 5) is 0. The summed E-state index contributed by atoms with van der Waals surface area (Å²) in [6.45, 7) is 15.2. The molecule has 0 aliphatic heterocycles. The summed E-state index contributed by atoms with van der Waals surface area (Å²) in [6.07, 6.45) is 22.9. The van der Waals surface area contributed by atoms with E-state index in [0.29, 0.717) is 0 Å². The molecule has 0 atom stereocenters. The van der Waals surface area contributed by atoms with Crippen LogP contribution in [0, 0.1) is 0 Å². The van der Waals surface area contributed by atoms with Gasteiger partial charge in [-0.05, 0) is 51.4 Å². The van der Waals surface area contributed by atoms with Gasteiger partial charge in [-0.3, -0.25) is 0 Å². The molecule has 0 spiro atoms. The van der Waals surface area contributed by atoms with Crippen molar-refractivity contribution in [3.8, 4) is 0 Å². The van der Waals surface area contributed by atoms with E-state index < -0.39 is 0 Å². The maximum absolute atomic E-state index is 2.35. The first-order valence-electron chi connectivity index (χ1n) is 12.1. The molecule has 0 N–H and O–H groups in total. The van der Waals surface area contributed by atoms with Gasteiger partial charge in [-0.15, -0.1) is 0 Å². The van der Waals surface area contributed by atoms with Crippen LogP contribution in [0.3, 0.4) is 0 Å². The molecule has 1 nitrogen and oxygen atoms in total. The fourth-order valence-corrected chi connectivity index (χ4v) is 4.17. The van der Waals surface area contributed by atoms with Gasteiger partial charge in [0.15, 0.2) is 0 Å². The summed E-state index contributed by atoms with van der Waals surface area (Å²) >= 11 is 0. The van der Waals surface area contributed by atoms with Gasteiger partial charge in [0, 0.05) is 0 Å². The van der Waals surface area contributed by atoms with Gasteiger partial charge in [0.05, 0.1) is 26.2 Å². The Bertz CT molecular complexity index is 222. The summed E-state index contributed by atoms with van der Waals surface area (Å²) in [5.74, 6) is 0. The molecule has 0 aliphatic carbocycles. The average Bonchev–Trinajstić information content (AvgIpc) is 2.61. The molecule has 0 rings (SSSR count). The highest BCUT2D eigenvalue weighted by atomic mass is 15.3. The fraction of sp³-hybridized carbons (Fsp3) is 1.00. The molecular formula is C24H52N+. The van der Waals surface area contributed by atoms with Crippen LogP contribution in [0.25, 0.3) is 0 Å². The predicted octanol–water partition coefficient (Wildman–Crippen LogP) is 8.12. The molecule has 0 heterocycles. The van der Waals surface area contributed by atoms with Crippen LogP contribution in [0.1, 0.15) is 130 Å². The molecule has 0 unspecified atom stereocenters. The van der Waals surface area contributed by atoms with E-state index >= 15 is 0 Å². The lowest BCUT2D eigenvalue weighted by Crippen LogP contribution is -2.50. The van der Waals surface area contributed by atoms with Crippen LogP contribution in [0.4, 0.5) is 0 Å². The number of quaternary nitrogens is 1. The molecule has 0 aliphatic rings. The Morgan fingerprint density at radius 1 is 0.320 bits per heavy atom. The lowest BCUT2D eigenvalue weighted by Gasteiger charge is -2.39. The van der Waals surface area contributed by atoms with Gasteiger partial charge >= 0.3 is 0 Å². The van der Waals surface area contributed by atoms with Crippen LogP contribution < -0.4 is 0 Å². The van der Waals surface area contributed by atoms with Crippen molar-refractivity contribution in [3.63, 3.8) is 0 Å². The predicted molar refractivity (Wildman–Crippen MR) is 116 cm³/mol. The van der Waals surface area contributed by atoms with E-state index in [4.69, 9.17) is 0 Å². The van der Waals surface area contributed by atoms with Crippen molar-refractivity contribution in [1.29, 1.82) is 0 Å². The van der Waals surface area contributed by atoms with Crippen molar-refractivity contribution in [1.82, 2.24) is 0 Å². The monoisotopic (exact) mass is 354 g/mol. The number of unbranched alkanes of at least 4 members (excludes halogenated alkanes) is 12. The highest BCUT2D eigenvalue weighted by molar-refractivity contribution is 4.53. The van der Waals surface area contributed by atoms with Gasteiger partial charge in [0.1, 0.15) is 0 Å². The molecule has 0 aromatic rings. The highest BCUT2D eigenvalue weighted by Crippen LogP contribution is 2.19. The van der Waals surface area contributed by atoms with Gasteiger partial charge in [0.2, 0.25) is 0 Å². The topological polar surface area (TPSA) is 0 Å². The SMILES string of the molecule is CCCCCCCCC[N+](CCCCC)(CCCCC)CCCCC. The Morgan fingerprint density at radius 3 is 0.920 bits per heavy atom. The van der Waals surface area contributed by atoms with Crippen molar-refractivity contribution in [3.05, 3.63) is 0 Å². The van der Waals surface area contributed by atoms with Crippen LogP contribution >= 0.6 is 0 Å². The van der Waals surface area contributed by atoms with Crippen molar-refractivity contribution in [2.45, 2.75) is 130 Å². The van der Waals surface area contributed by atoms with E-state index in [2.05, 4.69) is 27.7 Å². The van der Waals surface area contributed by atoms with Crippen molar-refractivity contribution < 1.29 is 4.48 Å². The smallest absolute Gasteiger partial charge is 0.0786 e. The summed E-state index contributed by atoms with van der Waals surface area (Å²) in [5, 5.41) is 0. The van der Waals surface area contributed by atoms with Gasteiger partial charge in [0.25, 0.3) is 0 Å². The van der Waals surface area contributed by atoms with Crippen LogP contribution in [0.5, 0.6) is 0 Å². The van der Waals surface area contributed by atoms with Crippen LogP contribution in [-0.2, 0) is 0 Å². The number of hydrogen-bond acceptors (Lipinski definition) is 0. The Kier molecular flexibility index (Phi) is 18.7. The molecule has 0 aromatic carbocycles. The quantitative estimate of drug-likeness (QED) is 0.153. The summed E-state index contributed by atoms with van der Waals surface area (Å²) in [5.41, 5.74) is 0. The molecule has 1 heteroatoms. The number of nitrogens with zero attached hydrogens (tertiary/aromatic N) is 1. The fourth-order valence-electron chi connectivity index (χ4n) is 4.17. The maximum atomic E-state index is 2.35. The van der Waals surface area contributed by atoms with E-state index in [1.807, 2.05) is 0 Å². The summed E-state index contributed by atoms with van der Waals surface area (Å²) in [7, 11) is 0. The van der Waals surface area contributed by atoms with Crippen LogP contribution in [0.2, 0.25) is 0 Å². The minimum absolute atomic E-state index is 1.36. The van der Waals surface area contributed by atoms with Gasteiger partial charge < -0.3 is 4.48 Å². The molecular weight excluding hydrogens is 302 g/mol. The van der Waals surface area contributed by atoms with Crippen molar-refractivity contribution in [2.24, 2.45) is 0 Å². The second-order valence-electron chi connectivity index (χ2n) is 8.48.